The number of nitrogens with zero attached hydrogens (tertiary/aromatic N) is 1. The fourth-order valence-electron chi connectivity index (χ4n) is 2.09. The van der Waals surface area contributed by atoms with Crippen LogP contribution in [0.3, 0.4) is 0 Å². The van der Waals surface area contributed by atoms with E-state index in [2.05, 4.69) is 27.8 Å². The van der Waals surface area contributed by atoms with Crippen LogP contribution in [0.2, 0.25) is 0 Å². The fraction of sp³-hybridized carbons (Fsp3) is 0.389. The first-order valence-electron chi connectivity index (χ1n) is 7.96. The van der Waals surface area contributed by atoms with Gasteiger partial charge in [0.1, 0.15) is 5.76 Å². The second-order valence-electron chi connectivity index (χ2n) is 5.21. The Morgan fingerprint density at radius 2 is 1.96 bits per heavy atom. The minimum Gasteiger partial charge on any atom is -0.467 e. The van der Waals surface area contributed by atoms with Gasteiger partial charge in [0.2, 0.25) is 0 Å². The minimum absolute atomic E-state index is 0.617. The third-order valence-corrected chi connectivity index (χ3v) is 3.34. The lowest BCUT2D eigenvalue weighted by molar-refractivity contribution is 0.193. The van der Waals surface area contributed by atoms with E-state index in [0.717, 1.165) is 37.7 Å². The van der Waals surface area contributed by atoms with Crippen LogP contribution in [-0.4, -0.2) is 26.2 Å². The molecule has 0 saturated heterocycles. The zero-order valence-electron chi connectivity index (χ0n) is 13.6. The number of furan rings is 1. The Kier molecular flexibility index (Phi) is 7.77. The van der Waals surface area contributed by atoms with Crippen molar-refractivity contribution >= 4 is 5.96 Å². The number of methoxy groups -OCH3 is 1. The van der Waals surface area contributed by atoms with E-state index in [9.17, 15) is 0 Å². The lowest BCUT2D eigenvalue weighted by Gasteiger charge is -2.12. The maximum absolute atomic E-state index is 5.34. The van der Waals surface area contributed by atoms with Crippen LogP contribution < -0.4 is 10.6 Å². The van der Waals surface area contributed by atoms with E-state index in [1.807, 2.05) is 30.3 Å². The summed E-state index contributed by atoms with van der Waals surface area (Å²) in [5, 5.41) is 6.65. The van der Waals surface area contributed by atoms with Crippen molar-refractivity contribution in [3.8, 4) is 0 Å². The van der Waals surface area contributed by atoms with E-state index >= 15 is 0 Å². The van der Waals surface area contributed by atoms with Gasteiger partial charge in [-0.3, -0.25) is 0 Å². The van der Waals surface area contributed by atoms with Gasteiger partial charge in [-0.2, -0.15) is 0 Å². The van der Waals surface area contributed by atoms with Gasteiger partial charge in [-0.05, 0) is 30.5 Å². The summed E-state index contributed by atoms with van der Waals surface area (Å²) in [5.41, 5.74) is 1.19. The molecular weight excluding hydrogens is 290 g/mol. The number of unbranched alkanes of at least 4 members (excludes halogenated alkanes) is 1. The average Bonchev–Trinajstić information content (AvgIpc) is 3.11. The van der Waals surface area contributed by atoms with Crippen LogP contribution in [0.5, 0.6) is 0 Å². The Balaban J connectivity index is 1.84. The van der Waals surface area contributed by atoms with Gasteiger partial charge in [-0.15, -0.1) is 0 Å². The maximum atomic E-state index is 5.34. The van der Waals surface area contributed by atoms with E-state index < -0.39 is 0 Å². The topological polar surface area (TPSA) is 58.8 Å². The number of ether oxygens (including phenoxy) is 1. The molecule has 5 nitrogen and oxygen atoms in total. The van der Waals surface area contributed by atoms with Gasteiger partial charge >= 0.3 is 0 Å². The zero-order valence-corrected chi connectivity index (χ0v) is 13.6. The molecule has 0 unspecified atom stereocenters. The number of aliphatic imine (C=N–C) groups is 1. The molecule has 0 aliphatic carbocycles. The maximum Gasteiger partial charge on any atom is 0.191 e. The highest BCUT2D eigenvalue weighted by Crippen LogP contribution is 2.01. The largest absolute Gasteiger partial charge is 0.467 e. The number of benzene rings is 1. The van der Waals surface area contributed by atoms with Crippen LogP contribution in [0, 0.1) is 0 Å². The van der Waals surface area contributed by atoms with Crippen molar-refractivity contribution in [3.05, 3.63) is 60.1 Å². The summed E-state index contributed by atoms with van der Waals surface area (Å²) in [6.45, 7) is 2.91. The number of hydrogen-bond acceptors (Lipinski definition) is 3. The van der Waals surface area contributed by atoms with Crippen molar-refractivity contribution in [1.29, 1.82) is 0 Å². The molecule has 2 aromatic rings. The molecule has 1 heterocycles. The molecular formula is C18H25N3O2. The van der Waals surface area contributed by atoms with E-state index in [1.54, 1.807) is 13.4 Å². The summed E-state index contributed by atoms with van der Waals surface area (Å²) in [7, 11) is 1.73. The van der Waals surface area contributed by atoms with Crippen molar-refractivity contribution < 1.29 is 9.15 Å². The van der Waals surface area contributed by atoms with Crippen LogP contribution in [0.4, 0.5) is 0 Å². The first kappa shape index (κ1) is 17.1. The van der Waals surface area contributed by atoms with Crippen molar-refractivity contribution in [2.75, 3.05) is 20.3 Å². The third kappa shape index (κ3) is 7.02. The molecule has 0 atom stereocenters. The van der Waals surface area contributed by atoms with Gasteiger partial charge in [0.15, 0.2) is 5.96 Å². The number of hydrogen-bond donors (Lipinski definition) is 2. The molecule has 0 bridgehead atoms. The zero-order chi connectivity index (χ0) is 16.2. The SMILES string of the molecule is COCCCCNC(=NCc1ccccc1)NCc1ccco1. The highest BCUT2D eigenvalue weighted by molar-refractivity contribution is 5.79. The summed E-state index contributed by atoms with van der Waals surface area (Å²) in [4.78, 5) is 4.63. The van der Waals surface area contributed by atoms with Gasteiger partial charge in [0.25, 0.3) is 0 Å². The first-order valence-corrected chi connectivity index (χ1v) is 7.96. The van der Waals surface area contributed by atoms with Gasteiger partial charge in [0.05, 0.1) is 19.4 Å². The van der Waals surface area contributed by atoms with Crippen LogP contribution in [-0.2, 0) is 17.8 Å². The van der Waals surface area contributed by atoms with Gasteiger partial charge in [0, 0.05) is 20.3 Å². The molecule has 124 valence electrons. The van der Waals surface area contributed by atoms with Crippen LogP contribution in [0.25, 0.3) is 0 Å². The second-order valence-corrected chi connectivity index (χ2v) is 5.21. The molecule has 5 heteroatoms. The van der Waals surface area contributed by atoms with E-state index in [0.29, 0.717) is 13.1 Å². The normalized spacial score (nSPS) is 11.4. The summed E-state index contributed by atoms with van der Waals surface area (Å²) in [5.74, 6) is 1.68. The smallest absolute Gasteiger partial charge is 0.191 e. The lowest BCUT2D eigenvalue weighted by atomic mass is 10.2. The van der Waals surface area contributed by atoms with Crippen LogP contribution in [0.15, 0.2) is 58.1 Å². The van der Waals surface area contributed by atoms with Crippen molar-refractivity contribution in [2.24, 2.45) is 4.99 Å². The minimum atomic E-state index is 0.617. The van der Waals surface area contributed by atoms with E-state index in [1.165, 1.54) is 5.56 Å². The Morgan fingerprint density at radius 1 is 1.09 bits per heavy atom. The molecule has 23 heavy (non-hydrogen) atoms. The van der Waals surface area contributed by atoms with E-state index in [-0.39, 0.29) is 0 Å². The molecule has 0 saturated carbocycles. The standard InChI is InChI=1S/C18H25N3O2/c1-22-12-6-5-11-19-18(21-15-17-10-7-13-23-17)20-14-16-8-3-2-4-9-16/h2-4,7-10,13H,5-6,11-12,14-15H2,1H3,(H2,19,20,21). The summed E-state index contributed by atoms with van der Waals surface area (Å²) in [6, 6.07) is 14.0. The summed E-state index contributed by atoms with van der Waals surface area (Å²) >= 11 is 0. The molecule has 0 fully saturated rings. The average molecular weight is 315 g/mol. The van der Waals surface area contributed by atoms with Gasteiger partial charge in [-0.25, -0.2) is 4.99 Å². The highest BCUT2D eigenvalue weighted by atomic mass is 16.5. The highest BCUT2D eigenvalue weighted by Gasteiger charge is 2.01. The number of nitrogens with one attached hydrogen (secondary N) is 2. The van der Waals surface area contributed by atoms with Crippen molar-refractivity contribution in [3.63, 3.8) is 0 Å². The summed E-state index contributed by atoms with van der Waals surface area (Å²) in [6.07, 6.45) is 3.75. The molecule has 0 spiro atoms. The van der Waals surface area contributed by atoms with Crippen molar-refractivity contribution in [2.45, 2.75) is 25.9 Å². The lowest BCUT2D eigenvalue weighted by Crippen LogP contribution is -2.37. The quantitative estimate of drug-likeness (QED) is 0.424. The molecule has 2 rings (SSSR count). The number of guanidine groups is 1. The fourth-order valence-corrected chi connectivity index (χ4v) is 2.09. The van der Waals surface area contributed by atoms with Gasteiger partial charge < -0.3 is 19.8 Å². The molecule has 1 aromatic carbocycles. The van der Waals surface area contributed by atoms with E-state index in [4.69, 9.17) is 9.15 Å². The van der Waals surface area contributed by atoms with Crippen LogP contribution in [0.1, 0.15) is 24.2 Å². The molecule has 1 aromatic heterocycles. The predicted octanol–water partition coefficient (Wildman–Crippen LogP) is 2.94. The molecule has 0 radical (unpaired) electrons. The Labute approximate surface area is 137 Å². The first-order chi connectivity index (χ1) is 11.4. The number of rotatable bonds is 9. The predicted molar refractivity (Wildman–Crippen MR) is 92.2 cm³/mol. The molecule has 0 aliphatic heterocycles. The van der Waals surface area contributed by atoms with Crippen molar-refractivity contribution in [1.82, 2.24) is 10.6 Å². The monoisotopic (exact) mass is 315 g/mol. The Bertz CT molecular complexity index is 553. The summed E-state index contributed by atoms with van der Waals surface area (Å²) < 4.78 is 10.4. The Hall–Kier alpha value is -2.27. The third-order valence-electron chi connectivity index (χ3n) is 3.34. The van der Waals surface area contributed by atoms with Crippen LogP contribution >= 0.6 is 0 Å². The molecule has 0 aliphatic rings. The second kappa shape index (κ2) is 10.5. The van der Waals surface area contributed by atoms with Gasteiger partial charge in [-0.1, -0.05) is 30.3 Å². The molecule has 0 amide bonds. The Morgan fingerprint density at radius 3 is 2.70 bits per heavy atom. The molecule has 2 N–H and O–H groups in total.